The van der Waals surface area contributed by atoms with Crippen molar-refractivity contribution in [3.8, 4) is 17.2 Å². The summed E-state index contributed by atoms with van der Waals surface area (Å²) in [6, 6.07) is 12.8. The molecule has 0 aliphatic carbocycles. The van der Waals surface area contributed by atoms with Crippen LogP contribution in [0.5, 0.6) is 17.2 Å². The van der Waals surface area contributed by atoms with Crippen LogP contribution in [0.1, 0.15) is 35.3 Å². The highest BCUT2D eigenvalue weighted by molar-refractivity contribution is 5.86. The van der Waals surface area contributed by atoms with E-state index in [0.29, 0.717) is 35.8 Å². The summed E-state index contributed by atoms with van der Waals surface area (Å²) in [5.41, 5.74) is 4.91. The summed E-state index contributed by atoms with van der Waals surface area (Å²) in [5.74, 6) is 1.73. The Balaban J connectivity index is 1.26. The second kappa shape index (κ2) is 9.21. The number of rotatable bonds is 7. The summed E-state index contributed by atoms with van der Waals surface area (Å²) in [5, 5.41) is 1.34. The molecule has 7 nitrogen and oxygen atoms in total. The van der Waals surface area contributed by atoms with Gasteiger partial charge >= 0.3 is 5.97 Å². The van der Waals surface area contributed by atoms with Crippen LogP contribution in [0, 0.1) is 5.92 Å². The van der Waals surface area contributed by atoms with Crippen molar-refractivity contribution in [3.63, 3.8) is 0 Å². The van der Waals surface area contributed by atoms with Gasteiger partial charge < -0.3 is 23.5 Å². The molecule has 0 fully saturated rings. The lowest BCUT2D eigenvalue weighted by Gasteiger charge is -2.47. The van der Waals surface area contributed by atoms with E-state index in [-0.39, 0.29) is 18.4 Å². The molecule has 36 heavy (non-hydrogen) atoms. The minimum atomic E-state index is -0.266. The number of carbonyl (C=O) groups is 1. The van der Waals surface area contributed by atoms with Crippen LogP contribution in [-0.2, 0) is 22.4 Å². The fourth-order valence-electron chi connectivity index (χ4n) is 6.47. The number of fused-ring (bicyclic) bond motifs is 3. The van der Waals surface area contributed by atoms with Gasteiger partial charge in [0.15, 0.2) is 11.5 Å². The highest BCUT2D eigenvalue weighted by Crippen LogP contribution is 2.50. The Morgan fingerprint density at radius 1 is 1.06 bits per heavy atom. The van der Waals surface area contributed by atoms with E-state index in [1.54, 1.807) is 33.5 Å². The first-order chi connectivity index (χ1) is 17.6. The first kappa shape index (κ1) is 23.0. The van der Waals surface area contributed by atoms with Gasteiger partial charge in [-0.1, -0.05) is 30.4 Å². The van der Waals surface area contributed by atoms with Crippen LogP contribution in [0.4, 0.5) is 0 Å². The van der Waals surface area contributed by atoms with Crippen molar-refractivity contribution in [3.05, 3.63) is 65.4 Å². The van der Waals surface area contributed by atoms with Gasteiger partial charge in [0, 0.05) is 35.6 Å². The smallest absolute Gasteiger partial charge is 0.310 e. The highest BCUT2D eigenvalue weighted by Gasteiger charge is 2.43. The molecule has 3 aromatic rings. The Morgan fingerprint density at radius 3 is 2.58 bits per heavy atom. The Hall–Kier alpha value is -3.45. The number of nitrogens with zero attached hydrogens (tertiary/aromatic N) is 2. The molecule has 0 bridgehead atoms. The second-order valence-electron chi connectivity index (χ2n) is 9.82. The first-order valence-corrected chi connectivity index (χ1v) is 12.6. The van der Waals surface area contributed by atoms with Crippen LogP contribution in [0.2, 0.25) is 0 Å². The molecule has 0 saturated carbocycles. The molecule has 3 unspecified atom stereocenters. The van der Waals surface area contributed by atoms with E-state index in [2.05, 4.69) is 45.9 Å². The van der Waals surface area contributed by atoms with Crippen molar-refractivity contribution < 1.29 is 23.7 Å². The summed E-state index contributed by atoms with van der Waals surface area (Å²) in [6.45, 7) is 2.46. The van der Waals surface area contributed by atoms with Crippen LogP contribution in [-0.4, -0.2) is 56.5 Å². The van der Waals surface area contributed by atoms with Crippen LogP contribution >= 0.6 is 0 Å². The predicted octanol–water partition coefficient (Wildman–Crippen LogP) is 4.48. The van der Waals surface area contributed by atoms with Gasteiger partial charge in [0.05, 0.1) is 39.8 Å². The molecule has 7 heteroatoms. The summed E-state index contributed by atoms with van der Waals surface area (Å²) >= 11 is 0. The van der Waals surface area contributed by atoms with Crippen molar-refractivity contribution in [1.82, 2.24) is 9.47 Å². The maximum absolute atomic E-state index is 13.0. The molecule has 3 atom stereocenters. The lowest BCUT2D eigenvalue weighted by Crippen LogP contribution is -2.46. The van der Waals surface area contributed by atoms with Crippen LogP contribution in [0.25, 0.3) is 10.9 Å². The van der Waals surface area contributed by atoms with Crippen LogP contribution < -0.4 is 14.2 Å². The first-order valence-electron chi connectivity index (χ1n) is 12.6. The SMILES string of the molecule is COc1cc(CC(=O)OCC2CC3C=CCN4CCc5c(n2c2ccccc52)C34)cc(OC)c1OC. The molecule has 188 valence electrons. The molecular formula is C29H32N2O5. The number of para-hydroxylation sites is 1. The lowest BCUT2D eigenvalue weighted by molar-refractivity contribution is -0.144. The topological polar surface area (TPSA) is 62.2 Å². The zero-order chi connectivity index (χ0) is 24.8. The minimum absolute atomic E-state index is 0.103. The van der Waals surface area contributed by atoms with Gasteiger partial charge in [-0.25, -0.2) is 0 Å². The number of hydrogen-bond donors (Lipinski definition) is 0. The van der Waals surface area contributed by atoms with Gasteiger partial charge in [-0.15, -0.1) is 0 Å². The van der Waals surface area contributed by atoms with E-state index in [0.717, 1.165) is 31.5 Å². The average Bonchev–Trinajstić information content (AvgIpc) is 3.26. The minimum Gasteiger partial charge on any atom is -0.493 e. The largest absolute Gasteiger partial charge is 0.493 e. The Morgan fingerprint density at radius 2 is 1.83 bits per heavy atom. The number of carbonyl (C=O) groups excluding carboxylic acids is 1. The third-order valence-corrected chi connectivity index (χ3v) is 7.93. The van der Waals surface area contributed by atoms with E-state index < -0.39 is 0 Å². The lowest BCUT2D eigenvalue weighted by atomic mass is 9.80. The molecule has 0 radical (unpaired) electrons. The Labute approximate surface area is 211 Å². The molecule has 4 heterocycles. The van der Waals surface area contributed by atoms with E-state index in [1.165, 1.54) is 22.2 Å². The normalized spacial score (nSPS) is 22.2. The molecule has 0 spiro atoms. The van der Waals surface area contributed by atoms with Crippen molar-refractivity contribution >= 4 is 16.9 Å². The second-order valence-corrected chi connectivity index (χ2v) is 9.82. The monoisotopic (exact) mass is 488 g/mol. The molecule has 0 N–H and O–H groups in total. The third kappa shape index (κ3) is 3.64. The standard InChI is InChI=1S/C29H32N2O5/c1-33-24-13-18(14-25(34-2)29(24)35-3)15-26(32)36-17-20-16-19-7-6-11-30-12-10-22-21-8-4-5-9-23(21)31(20)28(22)27(19)30/h4-9,13-14,19-20,27H,10-12,15-17H2,1-3H3. The molecule has 3 aliphatic rings. The number of ether oxygens (including phenoxy) is 4. The van der Waals surface area contributed by atoms with Gasteiger partial charge in [-0.2, -0.15) is 0 Å². The third-order valence-electron chi connectivity index (χ3n) is 7.93. The maximum atomic E-state index is 13.0. The van der Waals surface area contributed by atoms with E-state index in [4.69, 9.17) is 18.9 Å². The number of hydrogen-bond acceptors (Lipinski definition) is 6. The Bertz CT molecular complexity index is 1320. The summed E-state index contributed by atoms with van der Waals surface area (Å²) in [7, 11) is 4.70. The molecular weight excluding hydrogens is 456 g/mol. The van der Waals surface area contributed by atoms with Gasteiger partial charge in [-0.3, -0.25) is 9.69 Å². The number of esters is 1. The van der Waals surface area contributed by atoms with E-state index in [9.17, 15) is 4.79 Å². The Kier molecular flexibility index (Phi) is 5.88. The van der Waals surface area contributed by atoms with Crippen molar-refractivity contribution in [2.45, 2.75) is 31.3 Å². The maximum Gasteiger partial charge on any atom is 0.310 e. The van der Waals surface area contributed by atoms with Gasteiger partial charge in [0.25, 0.3) is 0 Å². The van der Waals surface area contributed by atoms with Gasteiger partial charge in [0.1, 0.15) is 6.61 Å². The summed E-state index contributed by atoms with van der Waals surface area (Å²) in [4.78, 5) is 15.6. The van der Waals surface area contributed by atoms with Crippen molar-refractivity contribution in [2.75, 3.05) is 41.0 Å². The van der Waals surface area contributed by atoms with E-state index in [1.807, 2.05) is 0 Å². The number of benzene rings is 2. The zero-order valence-electron chi connectivity index (χ0n) is 21.0. The highest BCUT2D eigenvalue weighted by atomic mass is 16.5. The summed E-state index contributed by atoms with van der Waals surface area (Å²) in [6.07, 6.45) is 6.83. The number of methoxy groups -OCH3 is 3. The molecule has 6 rings (SSSR count). The predicted molar refractivity (Wildman–Crippen MR) is 137 cm³/mol. The number of aromatic nitrogens is 1. The fraction of sp³-hybridized carbons (Fsp3) is 0.414. The van der Waals surface area contributed by atoms with Gasteiger partial charge in [0.2, 0.25) is 5.75 Å². The molecule has 0 saturated heterocycles. The average molecular weight is 489 g/mol. The molecule has 2 aromatic carbocycles. The molecule has 3 aliphatic heterocycles. The zero-order valence-corrected chi connectivity index (χ0v) is 21.0. The van der Waals surface area contributed by atoms with Crippen LogP contribution in [0.15, 0.2) is 48.6 Å². The summed E-state index contributed by atoms with van der Waals surface area (Å²) < 4.78 is 24.7. The molecule has 1 aromatic heterocycles. The van der Waals surface area contributed by atoms with Gasteiger partial charge in [-0.05, 0) is 42.2 Å². The molecule has 0 amide bonds. The van der Waals surface area contributed by atoms with Crippen LogP contribution in [0.3, 0.4) is 0 Å². The quantitative estimate of drug-likeness (QED) is 0.361. The fourth-order valence-corrected chi connectivity index (χ4v) is 6.47. The van der Waals surface area contributed by atoms with E-state index >= 15 is 0 Å². The van der Waals surface area contributed by atoms with Crippen molar-refractivity contribution in [2.24, 2.45) is 5.92 Å². The van der Waals surface area contributed by atoms with Crippen molar-refractivity contribution in [1.29, 1.82) is 0 Å².